The smallest absolute Gasteiger partial charge is 0.406 e. The standard InChI is InChI=1S/C19H21F3N4O4/c1-29-11-16(27)25-8-6-12(7-9-25)17(28)15-10-24-26(18(15)23)13-2-4-14(5-3-13)30-19(20,21)22/h2-5,10,12H,6-9,11,23H2,1H3. The highest BCUT2D eigenvalue weighted by Crippen LogP contribution is 2.27. The molecule has 1 aliphatic heterocycles. The normalized spacial score (nSPS) is 15.3. The molecule has 0 atom stereocenters. The second-order valence-electron chi connectivity index (χ2n) is 6.85. The molecule has 8 nitrogen and oxygen atoms in total. The molecule has 2 N–H and O–H groups in total. The van der Waals surface area contributed by atoms with E-state index in [0.717, 1.165) is 12.1 Å². The first-order valence-electron chi connectivity index (χ1n) is 9.20. The molecule has 0 radical (unpaired) electrons. The van der Waals surface area contributed by atoms with E-state index in [-0.39, 0.29) is 41.3 Å². The Kier molecular flexibility index (Phi) is 6.30. The van der Waals surface area contributed by atoms with Crippen LogP contribution in [0.15, 0.2) is 30.5 Å². The van der Waals surface area contributed by atoms with Gasteiger partial charge in [-0.15, -0.1) is 13.2 Å². The third-order valence-electron chi connectivity index (χ3n) is 4.87. The van der Waals surface area contributed by atoms with E-state index in [1.165, 1.54) is 30.1 Å². The van der Waals surface area contributed by atoms with Crippen molar-refractivity contribution < 1.29 is 32.2 Å². The van der Waals surface area contributed by atoms with E-state index in [2.05, 4.69) is 9.84 Å². The summed E-state index contributed by atoms with van der Waals surface area (Å²) in [7, 11) is 1.45. The maximum atomic E-state index is 12.9. The maximum absolute atomic E-state index is 12.9. The molecule has 0 bridgehead atoms. The van der Waals surface area contributed by atoms with E-state index in [1.807, 2.05) is 0 Å². The van der Waals surface area contributed by atoms with Crippen molar-refractivity contribution >= 4 is 17.5 Å². The van der Waals surface area contributed by atoms with Crippen LogP contribution in [0.3, 0.4) is 0 Å². The first-order chi connectivity index (χ1) is 14.2. The largest absolute Gasteiger partial charge is 0.573 e. The van der Waals surface area contributed by atoms with Gasteiger partial charge in [-0.2, -0.15) is 5.10 Å². The Morgan fingerprint density at radius 1 is 1.20 bits per heavy atom. The van der Waals surface area contributed by atoms with Crippen LogP contribution in [-0.2, 0) is 9.53 Å². The average Bonchev–Trinajstić information content (AvgIpc) is 3.08. The number of hydrogen-bond acceptors (Lipinski definition) is 6. The lowest BCUT2D eigenvalue weighted by Crippen LogP contribution is -2.41. The van der Waals surface area contributed by atoms with Crippen LogP contribution in [0.2, 0.25) is 0 Å². The molecule has 1 fully saturated rings. The molecular formula is C19H21F3N4O4. The predicted molar refractivity (Wildman–Crippen MR) is 100 cm³/mol. The van der Waals surface area contributed by atoms with Gasteiger partial charge in [-0.1, -0.05) is 0 Å². The number of halogens is 3. The van der Waals surface area contributed by atoms with E-state index in [1.54, 1.807) is 4.90 Å². The number of nitrogens with zero attached hydrogens (tertiary/aromatic N) is 3. The zero-order chi connectivity index (χ0) is 21.9. The summed E-state index contributed by atoms with van der Waals surface area (Å²) >= 11 is 0. The zero-order valence-corrected chi connectivity index (χ0v) is 16.2. The topological polar surface area (TPSA) is 99.7 Å². The second kappa shape index (κ2) is 8.74. The van der Waals surface area contributed by atoms with E-state index < -0.39 is 6.36 Å². The van der Waals surface area contributed by atoms with Crippen molar-refractivity contribution in [3.05, 3.63) is 36.0 Å². The minimum atomic E-state index is -4.78. The number of Topliss-reactive ketones (excluding diaryl/α,β-unsaturated/α-hetero) is 1. The number of carbonyl (C=O) groups excluding carboxylic acids is 2. The average molecular weight is 426 g/mol. The fourth-order valence-corrected chi connectivity index (χ4v) is 3.37. The number of benzene rings is 1. The molecular weight excluding hydrogens is 405 g/mol. The number of piperidine rings is 1. The Balaban J connectivity index is 1.68. The highest BCUT2D eigenvalue weighted by Gasteiger charge is 2.32. The van der Waals surface area contributed by atoms with Crippen LogP contribution >= 0.6 is 0 Å². The van der Waals surface area contributed by atoms with Crippen LogP contribution < -0.4 is 10.5 Å². The molecule has 3 rings (SSSR count). The Morgan fingerprint density at radius 3 is 2.40 bits per heavy atom. The maximum Gasteiger partial charge on any atom is 0.573 e. The SMILES string of the molecule is COCC(=O)N1CCC(C(=O)c2cnn(-c3ccc(OC(F)(F)F)cc3)c2N)CC1. The number of carbonyl (C=O) groups is 2. The molecule has 0 spiro atoms. The summed E-state index contributed by atoms with van der Waals surface area (Å²) in [5.74, 6) is -0.854. The molecule has 2 aromatic rings. The van der Waals surface area contributed by atoms with Crippen molar-refractivity contribution in [3.8, 4) is 11.4 Å². The van der Waals surface area contributed by atoms with Crippen molar-refractivity contribution in [2.24, 2.45) is 5.92 Å². The van der Waals surface area contributed by atoms with Gasteiger partial charge < -0.3 is 20.1 Å². The van der Waals surface area contributed by atoms with Crippen LogP contribution in [0.25, 0.3) is 5.69 Å². The monoisotopic (exact) mass is 426 g/mol. The number of alkyl halides is 3. The minimum Gasteiger partial charge on any atom is -0.406 e. The molecule has 1 aromatic heterocycles. The number of rotatable bonds is 6. The fourth-order valence-electron chi connectivity index (χ4n) is 3.37. The van der Waals surface area contributed by atoms with Gasteiger partial charge in [-0.05, 0) is 37.1 Å². The number of likely N-dealkylation sites (tertiary alicyclic amines) is 1. The van der Waals surface area contributed by atoms with Crippen molar-refractivity contribution in [1.29, 1.82) is 0 Å². The van der Waals surface area contributed by atoms with Gasteiger partial charge in [0, 0.05) is 26.1 Å². The minimum absolute atomic E-state index is 0.00509. The van der Waals surface area contributed by atoms with Crippen molar-refractivity contribution in [3.63, 3.8) is 0 Å². The van der Waals surface area contributed by atoms with Crippen LogP contribution in [0.5, 0.6) is 5.75 Å². The number of hydrogen-bond donors (Lipinski definition) is 1. The van der Waals surface area contributed by atoms with E-state index in [9.17, 15) is 22.8 Å². The molecule has 11 heteroatoms. The quantitative estimate of drug-likeness (QED) is 0.713. The summed E-state index contributed by atoms with van der Waals surface area (Å²) in [4.78, 5) is 26.4. The Hall–Kier alpha value is -3.08. The summed E-state index contributed by atoms with van der Waals surface area (Å²) in [6.45, 7) is 0.908. The van der Waals surface area contributed by atoms with E-state index >= 15 is 0 Å². The Labute approximate surface area is 170 Å². The molecule has 0 saturated carbocycles. The third-order valence-corrected chi connectivity index (χ3v) is 4.87. The van der Waals surface area contributed by atoms with Gasteiger partial charge in [0.2, 0.25) is 5.91 Å². The second-order valence-corrected chi connectivity index (χ2v) is 6.85. The number of amides is 1. The van der Waals surface area contributed by atoms with Gasteiger partial charge >= 0.3 is 6.36 Å². The molecule has 30 heavy (non-hydrogen) atoms. The lowest BCUT2D eigenvalue weighted by atomic mass is 9.89. The highest BCUT2D eigenvalue weighted by atomic mass is 19.4. The first-order valence-corrected chi connectivity index (χ1v) is 9.20. The van der Waals surface area contributed by atoms with Gasteiger partial charge in [-0.3, -0.25) is 9.59 Å². The molecule has 162 valence electrons. The van der Waals surface area contributed by atoms with Crippen molar-refractivity contribution in [1.82, 2.24) is 14.7 Å². The number of aromatic nitrogens is 2. The first kappa shape index (κ1) is 21.6. The summed E-state index contributed by atoms with van der Waals surface area (Å²) in [6.07, 6.45) is -2.43. The molecule has 0 aliphatic carbocycles. The number of ketones is 1. The van der Waals surface area contributed by atoms with Gasteiger partial charge in [0.05, 0.1) is 17.4 Å². The van der Waals surface area contributed by atoms with Gasteiger partial charge in [0.1, 0.15) is 18.2 Å². The third kappa shape index (κ3) is 4.90. The Bertz CT molecular complexity index is 903. The van der Waals surface area contributed by atoms with Crippen molar-refractivity contribution in [2.45, 2.75) is 19.2 Å². The fraction of sp³-hybridized carbons (Fsp3) is 0.421. The van der Waals surface area contributed by atoms with E-state index in [0.29, 0.717) is 31.6 Å². The van der Waals surface area contributed by atoms with Crippen molar-refractivity contribution in [2.75, 3.05) is 32.5 Å². The molecule has 0 unspecified atom stereocenters. The van der Waals surface area contributed by atoms with E-state index in [4.69, 9.17) is 10.5 Å². The zero-order valence-electron chi connectivity index (χ0n) is 16.2. The number of nitrogens with two attached hydrogens (primary N) is 1. The van der Waals surface area contributed by atoms with Crippen LogP contribution in [0.4, 0.5) is 19.0 Å². The van der Waals surface area contributed by atoms with Gasteiger partial charge in [0.15, 0.2) is 5.78 Å². The predicted octanol–water partition coefficient (Wildman–Crippen LogP) is 2.42. The lowest BCUT2D eigenvalue weighted by molar-refractivity contribution is -0.274. The van der Waals surface area contributed by atoms with Crippen LogP contribution in [0.1, 0.15) is 23.2 Å². The summed E-state index contributed by atoms with van der Waals surface area (Å²) in [6, 6.07) is 4.99. The number of anilines is 1. The molecule has 2 heterocycles. The molecule has 1 aromatic carbocycles. The van der Waals surface area contributed by atoms with Gasteiger partial charge in [-0.25, -0.2) is 4.68 Å². The number of ether oxygens (including phenoxy) is 2. The lowest BCUT2D eigenvalue weighted by Gasteiger charge is -2.31. The molecule has 1 aliphatic rings. The number of nitrogen functional groups attached to an aromatic ring is 1. The summed E-state index contributed by atoms with van der Waals surface area (Å²) in [5.41, 5.74) is 6.72. The highest BCUT2D eigenvalue weighted by molar-refractivity contribution is 6.01. The molecule has 1 saturated heterocycles. The molecule has 1 amide bonds. The number of methoxy groups -OCH3 is 1. The van der Waals surface area contributed by atoms with Crippen LogP contribution in [-0.4, -0.2) is 59.5 Å². The summed E-state index contributed by atoms with van der Waals surface area (Å²) < 4.78 is 46.8. The summed E-state index contributed by atoms with van der Waals surface area (Å²) in [5, 5.41) is 4.10. The van der Waals surface area contributed by atoms with Gasteiger partial charge in [0.25, 0.3) is 0 Å². The Morgan fingerprint density at radius 2 is 1.83 bits per heavy atom. The van der Waals surface area contributed by atoms with Crippen LogP contribution in [0, 0.1) is 5.92 Å².